The quantitative estimate of drug-likeness (QED) is 0.283. The second kappa shape index (κ2) is 17.0. The third-order valence-electron chi connectivity index (χ3n) is 8.01. The Balaban J connectivity index is 0.000000166. The van der Waals surface area contributed by atoms with Gasteiger partial charge in [-0.25, -0.2) is 0 Å². The predicted molar refractivity (Wildman–Crippen MR) is 159 cm³/mol. The first-order chi connectivity index (χ1) is 18.5. The van der Waals surface area contributed by atoms with Gasteiger partial charge in [0.25, 0.3) is 0 Å². The number of hydrogen-bond acceptors (Lipinski definition) is 6. The molecule has 6 nitrogen and oxygen atoms in total. The molecule has 6 aliphatic heterocycles. The summed E-state index contributed by atoms with van der Waals surface area (Å²) in [5, 5.41) is 0. The number of rotatable bonds is 8. The average Bonchev–Trinajstić information content (AvgIpc) is 3.61. The molecule has 0 aromatic rings. The van der Waals surface area contributed by atoms with Gasteiger partial charge in [-0.15, -0.1) is 0 Å². The molecule has 7 fully saturated rings. The summed E-state index contributed by atoms with van der Waals surface area (Å²) < 4.78 is 30.5. The largest absolute Gasteiger partial charge is 0.373 e. The van der Waals surface area contributed by atoms with E-state index in [2.05, 4.69) is 69.2 Å². The maximum absolute atomic E-state index is 5.34. The van der Waals surface area contributed by atoms with Crippen molar-refractivity contribution in [3.8, 4) is 0 Å². The zero-order valence-electron chi connectivity index (χ0n) is 27.3. The molecular weight excluding hydrogens is 492 g/mol. The van der Waals surface area contributed by atoms with Gasteiger partial charge in [0.2, 0.25) is 0 Å². The first kappa shape index (κ1) is 35.0. The van der Waals surface area contributed by atoms with E-state index in [0.29, 0.717) is 48.3 Å². The van der Waals surface area contributed by atoms with E-state index in [0.717, 1.165) is 25.7 Å². The van der Waals surface area contributed by atoms with Crippen LogP contribution in [0.4, 0.5) is 0 Å². The fourth-order valence-electron chi connectivity index (χ4n) is 4.75. The number of hydrogen-bond donors (Lipinski definition) is 0. The second-order valence-electron chi connectivity index (χ2n) is 13.3. The third-order valence-corrected chi connectivity index (χ3v) is 8.01. The summed E-state index contributed by atoms with van der Waals surface area (Å²) in [5.74, 6) is 0.948. The summed E-state index contributed by atoms with van der Waals surface area (Å²) in [5.41, 5.74) is 0.519. The van der Waals surface area contributed by atoms with E-state index >= 15 is 0 Å². The summed E-state index contributed by atoms with van der Waals surface area (Å²) in [6.45, 7) is 24.7. The van der Waals surface area contributed by atoms with Crippen LogP contribution in [0.2, 0.25) is 0 Å². The molecule has 6 saturated heterocycles. The Labute approximate surface area is 241 Å². The Kier molecular flexibility index (Phi) is 15.3. The van der Waals surface area contributed by atoms with Crippen molar-refractivity contribution in [3.63, 3.8) is 0 Å². The van der Waals surface area contributed by atoms with Crippen molar-refractivity contribution in [1.82, 2.24) is 0 Å². The highest BCUT2D eigenvalue weighted by atomic mass is 16.6. The molecule has 0 amide bonds. The van der Waals surface area contributed by atoms with Crippen LogP contribution in [0, 0.1) is 5.92 Å². The Bertz CT molecular complexity index is 632. The summed E-state index contributed by atoms with van der Waals surface area (Å²) in [6.07, 6.45) is 17.0. The van der Waals surface area contributed by atoms with E-state index in [-0.39, 0.29) is 5.60 Å². The SMILES string of the molecule is CC1CC2O[C@@H]2C1.CCC[C@@H]1CO1.CCC[C@@]1(C)CO1.CCC[C@H]1OC1(C)C.CCC[C@H]1OC1C.C[C@H]1CO1. The van der Waals surface area contributed by atoms with Crippen molar-refractivity contribution < 1.29 is 28.4 Å². The number of ether oxygens (including phenoxy) is 6. The fourth-order valence-corrected chi connectivity index (χ4v) is 4.75. The van der Waals surface area contributed by atoms with Gasteiger partial charge in [-0.05, 0) is 79.1 Å². The lowest BCUT2D eigenvalue weighted by Crippen LogP contribution is -2.01. The zero-order valence-corrected chi connectivity index (χ0v) is 27.3. The van der Waals surface area contributed by atoms with Crippen LogP contribution < -0.4 is 0 Å². The van der Waals surface area contributed by atoms with Gasteiger partial charge in [0.1, 0.15) is 0 Å². The molecule has 0 bridgehead atoms. The summed E-state index contributed by atoms with van der Waals surface area (Å²) in [6, 6.07) is 0. The second-order valence-corrected chi connectivity index (χ2v) is 13.3. The standard InChI is InChI=1S/C7H14O.C6H10O.2C6H12O.C5H10O.C3H6O/c1-4-5-6-7(2,3)8-6;1-4-2-5-6(3-4)7-5;1-3-4-6(2)5-7-6;1-3-4-6-5(2)7-6;1-2-3-5-4-6-5;1-3-2-4-3/h6H,4-5H2,1-3H3;4-6H,2-3H2,1H3;3-5H2,1-2H3;5-6H,3-4H2,1-2H3;5H,2-4H2,1H3;3H,2H2,1H3/t6-;4?,5-,6?;6-;5?,6-;5-;3-/m110110/s1. The summed E-state index contributed by atoms with van der Waals surface area (Å²) >= 11 is 0. The van der Waals surface area contributed by atoms with Crippen LogP contribution in [-0.2, 0) is 28.4 Å². The van der Waals surface area contributed by atoms with Gasteiger partial charge in [0.05, 0.1) is 73.8 Å². The van der Waals surface area contributed by atoms with Crippen LogP contribution in [0.5, 0.6) is 0 Å². The van der Waals surface area contributed by atoms with Crippen molar-refractivity contribution in [1.29, 1.82) is 0 Å². The molecule has 0 N–H and O–H groups in total. The molecule has 0 spiro atoms. The van der Waals surface area contributed by atoms with Crippen LogP contribution in [-0.4, -0.2) is 73.8 Å². The maximum Gasteiger partial charge on any atom is 0.0892 e. The van der Waals surface area contributed by atoms with Gasteiger partial charge in [-0.1, -0.05) is 60.3 Å². The Morgan fingerprint density at radius 3 is 1.36 bits per heavy atom. The minimum atomic E-state index is 0.218. The van der Waals surface area contributed by atoms with Gasteiger partial charge in [-0.3, -0.25) is 0 Å². The molecule has 7 aliphatic rings. The highest BCUT2D eigenvalue weighted by Crippen LogP contribution is 2.41. The van der Waals surface area contributed by atoms with Crippen LogP contribution in [0.3, 0.4) is 0 Å². The van der Waals surface area contributed by atoms with Gasteiger partial charge >= 0.3 is 0 Å². The van der Waals surface area contributed by atoms with E-state index in [1.165, 1.54) is 64.2 Å². The van der Waals surface area contributed by atoms with Gasteiger partial charge < -0.3 is 28.4 Å². The van der Waals surface area contributed by atoms with Gasteiger partial charge in [-0.2, -0.15) is 0 Å². The Morgan fingerprint density at radius 1 is 0.718 bits per heavy atom. The Morgan fingerprint density at radius 2 is 1.21 bits per heavy atom. The molecule has 0 aromatic heterocycles. The summed E-state index contributed by atoms with van der Waals surface area (Å²) in [7, 11) is 0. The smallest absolute Gasteiger partial charge is 0.0892 e. The van der Waals surface area contributed by atoms with Crippen molar-refractivity contribution in [2.45, 2.75) is 187 Å². The lowest BCUT2D eigenvalue weighted by Gasteiger charge is -1.98. The van der Waals surface area contributed by atoms with Crippen LogP contribution in [0.25, 0.3) is 0 Å². The fraction of sp³-hybridized carbons (Fsp3) is 1.00. The topological polar surface area (TPSA) is 75.2 Å². The van der Waals surface area contributed by atoms with Crippen LogP contribution >= 0.6 is 0 Å². The molecule has 6 heterocycles. The lowest BCUT2D eigenvalue weighted by molar-refractivity contribution is 0.283. The van der Waals surface area contributed by atoms with Gasteiger partial charge in [0.15, 0.2) is 0 Å². The monoisotopic (exact) mass is 556 g/mol. The molecule has 9 atom stereocenters. The van der Waals surface area contributed by atoms with Gasteiger partial charge in [0, 0.05) is 0 Å². The van der Waals surface area contributed by atoms with Crippen LogP contribution in [0.15, 0.2) is 0 Å². The van der Waals surface area contributed by atoms with Crippen molar-refractivity contribution in [3.05, 3.63) is 0 Å². The average molecular weight is 557 g/mol. The van der Waals surface area contributed by atoms with E-state index < -0.39 is 0 Å². The minimum Gasteiger partial charge on any atom is -0.373 e. The zero-order chi connectivity index (χ0) is 29.1. The molecule has 1 aliphatic carbocycles. The predicted octanol–water partition coefficient (Wildman–Crippen LogP) is 7.89. The van der Waals surface area contributed by atoms with Crippen molar-refractivity contribution >= 4 is 0 Å². The molecule has 1 saturated carbocycles. The van der Waals surface area contributed by atoms with E-state index in [1.807, 2.05) is 0 Å². The van der Waals surface area contributed by atoms with E-state index in [1.54, 1.807) is 0 Å². The molecule has 39 heavy (non-hydrogen) atoms. The highest BCUT2D eigenvalue weighted by molar-refractivity contribution is 4.94. The molecule has 232 valence electrons. The maximum atomic E-state index is 5.34. The van der Waals surface area contributed by atoms with E-state index in [9.17, 15) is 0 Å². The molecule has 3 unspecified atom stereocenters. The molecule has 0 aromatic carbocycles. The molecule has 0 radical (unpaired) electrons. The van der Waals surface area contributed by atoms with Crippen LogP contribution in [0.1, 0.15) is 133 Å². The molecular formula is C33H64O6. The van der Waals surface area contributed by atoms with Crippen molar-refractivity contribution in [2.75, 3.05) is 19.8 Å². The first-order valence-corrected chi connectivity index (χ1v) is 16.3. The number of fused-ring (bicyclic) bond motifs is 1. The highest BCUT2D eigenvalue weighted by Gasteiger charge is 2.46. The van der Waals surface area contributed by atoms with E-state index in [4.69, 9.17) is 28.4 Å². The normalized spacial score (nSPS) is 39.5. The minimum absolute atomic E-state index is 0.218. The lowest BCUT2D eigenvalue weighted by atomic mass is 10.1. The Hall–Kier alpha value is -0.240. The summed E-state index contributed by atoms with van der Waals surface area (Å²) in [4.78, 5) is 0. The third kappa shape index (κ3) is 17.3. The molecule has 6 heteroatoms. The van der Waals surface area contributed by atoms with Crippen molar-refractivity contribution in [2.24, 2.45) is 5.92 Å². The number of epoxide rings is 6. The first-order valence-electron chi connectivity index (χ1n) is 16.3. The molecule has 7 rings (SSSR count).